The fraction of sp³-hybridized carbons (Fsp3) is 0.900. The molecular weight excluding hydrogens is 428 g/mol. The molecule has 6 N–H and O–H groups in total. The molecule has 2 aliphatic rings. The minimum atomic E-state index is -1.13. The maximum absolute atomic E-state index is 11.7. The average molecular weight is 467 g/mol. The van der Waals surface area contributed by atoms with Crippen LogP contribution in [0.3, 0.4) is 0 Å². The van der Waals surface area contributed by atoms with Gasteiger partial charge in [0.25, 0.3) is 0 Å². The summed E-state index contributed by atoms with van der Waals surface area (Å²) >= 11 is 0. The molecule has 0 unspecified atom stereocenters. The van der Waals surface area contributed by atoms with Crippen LogP contribution in [0.25, 0.3) is 0 Å². The van der Waals surface area contributed by atoms with Gasteiger partial charge < -0.3 is 40.1 Å². The Balaban J connectivity index is 0.000000320. The molecule has 0 aliphatic carbocycles. The quantitative estimate of drug-likeness (QED) is 0.284. The normalized spacial score (nSPS) is 30.6. The summed E-state index contributed by atoms with van der Waals surface area (Å²) in [5, 5.41) is 55.9. The van der Waals surface area contributed by atoms with Gasteiger partial charge in [0.1, 0.15) is 23.4 Å². The summed E-state index contributed by atoms with van der Waals surface area (Å²) < 4.78 is 10.2. The number of carbonyl (C=O) groups excluding carboxylic acids is 2. The number of carbonyl (C=O) groups is 2. The number of ether oxygens (including phenoxy) is 2. The van der Waals surface area contributed by atoms with Gasteiger partial charge in [0, 0.05) is 0 Å². The van der Waals surface area contributed by atoms with E-state index in [0.717, 1.165) is 9.80 Å². The van der Waals surface area contributed by atoms with Crippen molar-refractivity contribution in [1.29, 1.82) is 0 Å². The molecule has 188 valence electrons. The van der Waals surface area contributed by atoms with E-state index in [4.69, 9.17) is 19.7 Å². The summed E-state index contributed by atoms with van der Waals surface area (Å²) in [7, 11) is 0. The highest BCUT2D eigenvalue weighted by Gasteiger charge is 2.44. The van der Waals surface area contributed by atoms with Gasteiger partial charge >= 0.3 is 12.2 Å². The summed E-state index contributed by atoms with van der Waals surface area (Å²) in [6.07, 6.45) is -5.60. The molecule has 0 aromatic carbocycles. The SMILES string of the molecule is CC(C)(C)OC(=O)N1C[C@@H](O)[C@@H](O)[C@@H]1CO.CC(C)(C)OC(=O)N1C[C@H](O)[C@H](O)[C@H]1CO. The Hall–Kier alpha value is -1.70. The van der Waals surface area contributed by atoms with Gasteiger partial charge in [0.05, 0.1) is 50.6 Å². The molecular formula is C20H38N2O10. The van der Waals surface area contributed by atoms with Crippen molar-refractivity contribution in [3.63, 3.8) is 0 Å². The molecule has 32 heavy (non-hydrogen) atoms. The van der Waals surface area contributed by atoms with Gasteiger partial charge in [0.15, 0.2) is 0 Å². The molecule has 0 aromatic rings. The molecule has 6 atom stereocenters. The van der Waals surface area contributed by atoms with Crippen LogP contribution in [0.4, 0.5) is 9.59 Å². The van der Waals surface area contributed by atoms with Crippen LogP contribution in [0.2, 0.25) is 0 Å². The van der Waals surface area contributed by atoms with Crippen LogP contribution in [-0.4, -0.2) is 127 Å². The Morgan fingerprint density at radius 2 is 1.00 bits per heavy atom. The van der Waals surface area contributed by atoms with Crippen molar-refractivity contribution in [3.05, 3.63) is 0 Å². The second-order valence-corrected chi connectivity index (χ2v) is 9.88. The van der Waals surface area contributed by atoms with Crippen molar-refractivity contribution in [2.45, 2.75) is 89.2 Å². The second-order valence-electron chi connectivity index (χ2n) is 9.88. The van der Waals surface area contributed by atoms with Crippen LogP contribution in [0.1, 0.15) is 41.5 Å². The Bertz CT molecular complexity index is 579. The van der Waals surface area contributed by atoms with Gasteiger partial charge in [-0.2, -0.15) is 0 Å². The van der Waals surface area contributed by atoms with E-state index in [1.165, 1.54) is 0 Å². The standard InChI is InChI=1S/2C10H19NO5/c2*1-10(2,3)16-9(15)11-4-7(13)8(14)6(11)5-12/h2*6-8,12-14H,4-5H2,1-3H3/t2*6-,7+,8-/m10/s1. The minimum Gasteiger partial charge on any atom is -0.444 e. The van der Waals surface area contributed by atoms with E-state index in [2.05, 4.69) is 0 Å². The van der Waals surface area contributed by atoms with Crippen LogP contribution in [0.15, 0.2) is 0 Å². The van der Waals surface area contributed by atoms with E-state index < -0.39 is 73.1 Å². The predicted octanol–water partition coefficient (Wildman–Crippen LogP) is -1.36. The first-order valence-corrected chi connectivity index (χ1v) is 10.5. The lowest BCUT2D eigenvalue weighted by Crippen LogP contribution is -2.44. The van der Waals surface area contributed by atoms with Crippen molar-refractivity contribution >= 4 is 12.2 Å². The van der Waals surface area contributed by atoms with Crippen LogP contribution < -0.4 is 0 Å². The van der Waals surface area contributed by atoms with Crippen LogP contribution >= 0.6 is 0 Å². The highest BCUT2D eigenvalue weighted by Crippen LogP contribution is 2.22. The number of hydrogen-bond donors (Lipinski definition) is 6. The first-order chi connectivity index (χ1) is 14.5. The van der Waals surface area contributed by atoms with Gasteiger partial charge in [-0.25, -0.2) is 9.59 Å². The average Bonchev–Trinajstić information content (AvgIpc) is 3.09. The molecule has 2 aliphatic heterocycles. The van der Waals surface area contributed by atoms with E-state index in [1.807, 2.05) is 0 Å². The zero-order valence-corrected chi connectivity index (χ0v) is 19.5. The van der Waals surface area contributed by atoms with Crippen molar-refractivity contribution in [1.82, 2.24) is 9.80 Å². The van der Waals surface area contributed by atoms with Crippen molar-refractivity contribution in [3.8, 4) is 0 Å². The molecule has 0 aromatic heterocycles. The lowest BCUT2D eigenvalue weighted by atomic mass is 10.1. The third-order valence-corrected chi connectivity index (χ3v) is 4.78. The molecule has 0 radical (unpaired) electrons. The smallest absolute Gasteiger partial charge is 0.410 e. The van der Waals surface area contributed by atoms with E-state index in [0.29, 0.717) is 0 Å². The van der Waals surface area contributed by atoms with Crippen molar-refractivity contribution < 1.29 is 49.7 Å². The van der Waals surface area contributed by atoms with E-state index >= 15 is 0 Å². The number of hydrogen-bond acceptors (Lipinski definition) is 10. The molecule has 2 fully saturated rings. The summed E-state index contributed by atoms with van der Waals surface area (Å²) in [6, 6.07) is -1.60. The minimum absolute atomic E-state index is 0.0265. The number of nitrogens with zero attached hydrogens (tertiary/aromatic N) is 2. The first kappa shape index (κ1) is 28.3. The fourth-order valence-electron chi connectivity index (χ4n) is 3.25. The molecule has 0 spiro atoms. The van der Waals surface area contributed by atoms with E-state index in [9.17, 15) is 30.0 Å². The number of β-amino-alcohol motifs (C(OH)–C–C–N with tert-alkyl or cyclic N) is 2. The zero-order chi connectivity index (χ0) is 25.0. The summed E-state index contributed by atoms with van der Waals surface area (Å²) in [5.74, 6) is 0. The maximum atomic E-state index is 11.7. The molecule has 0 bridgehead atoms. The monoisotopic (exact) mass is 466 g/mol. The molecule has 2 amide bonds. The van der Waals surface area contributed by atoms with Gasteiger partial charge in [0.2, 0.25) is 0 Å². The van der Waals surface area contributed by atoms with E-state index in [1.54, 1.807) is 41.5 Å². The third kappa shape index (κ3) is 7.71. The van der Waals surface area contributed by atoms with Crippen molar-refractivity contribution in [2.75, 3.05) is 26.3 Å². The zero-order valence-electron chi connectivity index (χ0n) is 19.5. The molecule has 12 nitrogen and oxygen atoms in total. The van der Waals surface area contributed by atoms with Crippen LogP contribution in [-0.2, 0) is 9.47 Å². The van der Waals surface area contributed by atoms with Crippen molar-refractivity contribution in [2.24, 2.45) is 0 Å². The fourth-order valence-corrected chi connectivity index (χ4v) is 3.25. The number of likely N-dealkylation sites (tertiary alicyclic amines) is 2. The lowest BCUT2D eigenvalue weighted by Gasteiger charge is -2.28. The lowest BCUT2D eigenvalue weighted by molar-refractivity contribution is 0.00153. The largest absolute Gasteiger partial charge is 0.444 e. The summed E-state index contributed by atoms with van der Waals surface area (Å²) in [6.45, 7) is 9.48. The Kier molecular flexibility index (Phi) is 9.69. The maximum Gasteiger partial charge on any atom is 0.410 e. The molecule has 12 heteroatoms. The van der Waals surface area contributed by atoms with Gasteiger partial charge in [-0.05, 0) is 41.5 Å². The van der Waals surface area contributed by atoms with Crippen LogP contribution in [0, 0.1) is 0 Å². The van der Waals surface area contributed by atoms with Gasteiger partial charge in [-0.15, -0.1) is 0 Å². The summed E-state index contributed by atoms with van der Waals surface area (Å²) in [5.41, 5.74) is -1.29. The number of aliphatic hydroxyl groups excluding tert-OH is 6. The number of amides is 2. The Morgan fingerprint density at radius 3 is 1.22 bits per heavy atom. The molecule has 2 saturated heterocycles. The molecule has 2 rings (SSSR count). The Morgan fingerprint density at radius 1 is 0.719 bits per heavy atom. The van der Waals surface area contributed by atoms with Gasteiger partial charge in [-0.3, -0.25) is 9.80 Å². The van der Waals surface area contributed by atoms with Crippen LogP contribution in [0.5, 0.6) is 0 Å². The summed E-state index contributed by atoms with van der Waals surface area (Å²) in [4.78, 5) is 25.7. The predicted molar refractivity (Wildman–Crippen MR) is 112 cm³/mol. The highest BCUT2D eigenvalue weighted by atomic mass is 16.6. The second kappa shape index (κ2) is 10.9. The first-order valence-electron chi connectivity index (χ1n) is 10.5. The topological polar surface area (TPSA) is 180 Å². The Labute approximate surface area is 188 Å². The molecule has 2 heterocycles. The highest BCUT2D eigenvalue weighted by molar-refractivity contribution is 5.69. The number of aliphatic hydroxyl groups is 6. The molecule has 0 saturated carbocycles. The van der Waals surface area contributed by atoms with E-state index in [-0.39, 0.29) is 13.1 Å². The number of rotatable bonds is 2. The third-order valence-electron chi connectivity index (χ3n) is 4.78. The van der Waals surface area contributed by atoms with Gasteiger partial charge in [-0.1, -0.05) is 0 Å².